The topological polar surface area (TPSA) is 70.6 Å². The van der Waals surface area contributed by atoms with E-state index in [-0.39, 0.29) is 11.6 Å². The Morgan fingerprint density at radius 3 is 2.44 bits per heavy atom. The first kappa shape index (κ1) is 20.9. The smallest absolute Gasteiger partial charge is 0.191 e. The van der Waals surface area contributed by atoms with Gasteiger partial charge in [-0.05, 0) is 43.5 Å². The van der Waals surface area contributed by atoms with E-state index in [0.29, 0.717) is 48.9 Å². The van der Waals surface area contributed by atoms with Gasteiger partial charge >= 0.3 is 0 Å². The normalized spacial score (nSPS) is 12.0. The van der Waals surface area contributed by atoms with E-state index in [2.05, 4.69) is 15.6 Å². The first-order chi connectivity index (χ1) is 13.0. The summed E-state index contributed by atoms with van der Waals surface area (Å²) in [7, 11) is -3.28. The van der Waals surface area contributed by atoms with Gasteiger partial charge in [0.1, 0.15) is 5.82 Å². The summed E-state index contributed by atoms with van der Waals surface area (Å²) >= 11 is 0. The second-order valence-electron chi connectivity index (χ2n) is 6.01. The molecule has 2 N–H and O–H groups in total. The Morgan fingerprint density at radius 1 is 1.04 bits per heavy atom. The van der Waals surface area contributed by atoms with Crippen LogP contribution in [0.3, 0.4) is 0 Å². The predicted molar refractivity (Wildman–Crippen MR) is 107 cm³/mol. The van der Waals surface area contributed by atoms with Crippen molar-refractivity contribution >= 4 is 15.8 Å². The maximum atomic E-state index is 13.6. The Kier molecular flexibility index (Phi) is 8.26. The lowest BCUT2D eigenvalue weighted by molar-refractivity contribution is 0.593. The highest BCUT2D eigenvalue weighted by Crippen LogP contribution is 2.11. The molecule has 0 spiro atoms. The van der Waals surface area contributed by atoms with Crippen molar-refractivity contribution in [2.75, 3.05) is 25.4 Å². The van der Waals surface area contributed by atoms with E-state index < -0.39 is 9.84 Å². The van der Waals surface area contributed by atoms with Gasteiger partial charge in [0.15, 0.2) is 15.8 Å². The van der Waals surface area contributed by atoms with Crippen molar-refractivity contribution < 1.29 is 12.8 Å². The highest BCUT2D eigenvalue weighted by atomic mass is 32.2. The molecule has 0 heterocycles. The fourth-order valence-electron chi connectivity index (χ4n) is 2.55. The molecule has 0 radical (unpaired) electrons. The van der Waals surface area contributed by atoms with Crippen LogP contribution in [0, 0.1) is 5.82 Å². The summed E-state index contributed by atoms with van der Waals surface area (Å²) in [5.74, 6) is 0.438. The van der Waals surface area contributed by atoms with Gasteiger partial charge in [0.2, 0.25) is 0 Å². The van der Waals surface area contributed by atoms with Gasteiger partial charge in [-0.1, -0.05) is 36.4 Å². The zero-order chi connectivity index (χ0) is 19.5. The van der Waals surface area contributed by atoms with Gasteiger partial charge in [-0.3, -0.25) is 4.99 Å². The van der Waals surface area contributed by atoms with Crippen LogP contribution in [0.4, 0.5) is 4.39 Å². The Labute approximate surface area is 160 Å². The number of rotatable bonds is 9. The quantitative estimate of drug-likeness (QED) is 0.392. The third-order valence-corrected chi connectivity index (χ3v) is 5.75. The Balaban J connectivity index is 1.82. The molecule has 0 fully saturated rings. The standard InChI is InChI=1S/C20H26FN3O2S/c1-2-22-20(24-15-13-17-9-6-7-12-19(17)21)23-14-8-16-27(25,26)18-10-4-3-5-11-18/h3-7,9-12H,2,8,13-16H2,1H3,(H2,22,23,24). The molecule has 0 saturated heterocycles. The van der Waals surface area contributed by atoms with E-state index in [1.165, 1.54) is 6.07 Å². The Morgan fingerprint density at radius 2 is 1.74 bits per heavy atom. The largest absolute Gasteiger partial charge is 0.357 e. The van der Waals surface area contributed by atoms with Crippen molar-refractivity contribution in [3.8, 4) is 0 Å². The van der Waals surface area contributed by atoms with Crippen molar-refractivity contribution in [1.82, 2.24) is 10.6 Å². The maximum absolute atomic E-state index is 13.6. The van der Waals surface area contributed by atoms with Crippen molar-refractivity contribution in [2.45, 2.75) is 24.7 Å². The number of nitrogens with one attached hydrogen (secondary N) is 2. The molecule has 5 nitrogen and oxygen atoms in total. The fourth-order valence-corrected chi connectivity index (χ4v) is 3.87. The molecule has 0 atom stereocenters. The Hall–Kier alpha value is -2.41. The summed E-state index contributed by atoms with van der Waals surface area (Å²) in [4.78, 5) is 4.74. The number of hydrogen-bond acceptors (Lipinski definition) is 3. The monoisotopic (exact) mass is 391 g/mol. The number of aliphatic imine (C=N–C) groups is 1. The zero-order valence-electron chi connectivity index (χ0n) is 15.5. The minimum absolute atomic E-state index is 0.0507. The van der Waals surface area contributed by atoms with Gasteiger partial charge in [-0.2, -0.15) is 0 Å². The summed E-state index contributed by atoms with van der Waals surface area (Å²) in [5.41, 5.74) is 0.648. The van der Waals surface area contributed by atoms with Crippen molar-refractivity contribution in [3.05, 3.63) is 66.0 Å². The fraction of sp³-hybridized carbons (Fsp3) is 0.350. The van der Waals surface area contributed by atoms with Gasteiger partial charge in [-0.25, -0.2) is 12.8 Å². The first-order valence-electron chi connectivity index (χ1n) is 9.06. The molecule has 0 aliphatic carbocycles. The van der Waals surface area contributed by atoms with Crippen molar-refractivity contribution in [2.24, 2.45) is 4.99 Å². The second-order valence-corrected chi connectivity index (χ2v) is 8.12. The van der Waals surface area contributed by atoms with Crippen LogP contribution in [-0.4, -0.2) is 39.8 Å². The van der Waals surface area contributed by atoms with Gasteiger partial charge < -0.3 is 10.6 Å². The van der Waals surface area contributed by atoms with E-state index in [9.17, 15) is 12.8 Å². The minimum atomic E-state index is -3.28. The van der Waals surface area contributed by atoms with Crippen molar-refractivity contribution in [3.63, 3.8) is 0 Å². The summed E-state index contributed by atoms with van der Waals surface area (Å²) in [6.45, 7) is 3.57. The van der Waals surface area contributed by atoms with Gasteiger partial charge in [0.25, 0.3) is 0 Å². The number of hydrogen-bond donors (Lipinski definition) is 2. The number of halogens is 1. The molecule has 146 valence electrons. The van der Waals surface area contributed by atoms with E-state index >= 15 is 0 Å². The molecule has 0 aliphatic rings. The number of benzene rings is 2. The molecule has 2 aromatic rings. The molecular formula is C20H26FN3O2S. The Bertz CT molecular complexity index is 839. The van der Waals surface area contributed by atoms with E-state index in [0.717, 1.165) is 0 Å². The van der Waals surface area contributed by atoms with Crippen LogP contribution >= 0.6 is 0 Å². The number of nitrogens with zero attached hydrogens (tertiary/aromatic N) is 1. The minimum Gasteiger partial charge on any atom is -0.357 e. The van der Waals surface area contributed by atoms with Crippen LogP contribution < -0.4 is 10.6 Å². The van der Waals surface area contributed by atoms with Gasteiger partial charge in [-0.15, -0.1) is 0 Å². The van der Waals surface area contributed by atoms with Crippen LogP contribution in [0.15, 0.2) is 64.5 Å². The highest BCUT2D eigenvalue weighted by molar-refractivity contribution is 7.91. The van der Waals surface area contributed by atoms with Crippen LogP contribution in [0.25, 0.3) is 0 Å². The first-order valence-corrected chi connectivity index (χ1v) is 10.7. The lowest BCUT2D eigenvalue weighted by Crippen LogP contribution is -2.38. The molecule has 2 rings (SSSR count). The van der Waals surface area contributed by atoms with Gasteiger partial charge in [0, 0.05) is 19.6 Å². The van der Waals surface area contributed by atoms with Crippen LogP contribution in [0.5, 0.6) is 0 Å². The van der Waals surface area contributed by atoms with Crippen LogP contribution in [-0.2, 0) is 16.3 Å². The number of guanidine groups is 1. The van der Waals surface area contributed by atoms with Crippen LogP contribution in [0.1, 0.15) is 18.9 Å². The molecule has 0 amide bonds. The molecular weight excluding hydrogens is 365 g/mol. The van der Waals surface area contributed by atoms with E-state index in [1.54, 1.807) is 42.5 Å². The summed E-state index contributed by atoms with van der Waals surface area (Å²) in [6.07, 6.45) is 0.973. The van der Waals surface area contributed by atoms with Crippen LogP contribution in [0.2, 0.25) is 0 Å². The molecule has 0 saturated carbocycles. The summed E-state index contributed by atoms with van der Waals surface area (Å²) in [5, 5.41) is 6.26. The third-order valence-electron chi connectivity index (χ3n) is 3.93. The molecule has 0 aliphatic heterocycles. The van der Waals surface area contributed by atoms with Crippen molar-refractivity contribution in [1.29, 1.82) is 0 Å². The average Bonchev–Trinajstić information content (AvgIpc) is 2.67. The van der Waals surface area contributed by atoms with E-state index in [4.69, 9.17) is 0 Å². The molecule has 0 unspecified atom stereocenters. The number of sulfone groups is 1. The second kappa shape index (κ2) is 10.7. The maximum Gasteiger partial charge on any atom is 0.191 e. The predicted octanol–water partition coefficient (Wildman–Crippen LogP) is 2.79. The zero-order valence-corrected chi connectivity index (χ0v) is 16.3. The molecule has 0 bridgehead atoms. The average molecular weight is 392 g/mol. The summed E-state index contributed by atoms with van der Waals surface area (Å²) in [6, 6.07) is 15.1. The lowest BCUT2D eigenvalue weighted by Gasteiger charge is -2.11. The van der Waals surface area contributed by atoms with Gasteiger partial charge in [0.05, 0.1) is 10.6 Å². The third kappa shape index (κ3) is 7.02. The lowest BCUT2D eigenvalue weighted by atomic mass is 10.1. The molecule has 2 aromatic carbocycles. The SMILES string of the molecule is CCNC(=NCCCS(=O)(=O)c1ccccc1)NCCc1ccccc1F. The van der Waals surface area contributed by atoms with E-state index in [1.807, 2.05) is 13.0 Å². The molecule has 27 heavy (non-hydrogen) atoms. The molecule has 0 aromatic heterocycles. The highest BCUT2D eigenvalue weighted by Gasteiger charge is 2.12. The molecule has 7 heteroatoms. The summed E-state index contributed by atoms with van der Waals surface area (Å²) < 4.78 is 38.1.